The van der Waals surface area contributed by atoms with Crippen LogP contribution in [0.15, 0.2) is 4.99 Å². The van der Waals surface area contributed by atoms with Crippen molar-refractivity contribution in [2.24, 2.45) is 10.4 Å². The van der Waals surface area contributed by atoms with Gasteiger partial charge in [-0.25, -0.2) is 0 Å². The fourth-order valence-corrected chi connectivity index (χ4v) is 3.73. The Balaban J connectivity index is 0.00000338. The van der Waals surface area contributed by atoms with E-state index in [0.717, 1.165) is 25.7 Å². The SMILES string of the molecule is CN=C(NCC1(C)CCCCC1O)N1CCN(C(C)C(F)(F)F)CC1.I. The molecule has 154 valence electrons. The van der Waals surface area contributed by atoms with Crippen molar-refractivity contribution >= 4 is 29.9 Å². The number of alkyl halides is 3. The molecule has 2 fully saturated rings. The smallest absolute Gasteiger partial charge is 0.392 e. The number of hydrogen-bond acceptors (Lipinski definition) is 3. The average molecular weight is 492 g/mol. The third kappa shape index (κ3) is 5.85. The molecule has 0 aromatic heterocycles. The van der Waals surface area contributed by atoms with Crippen molar-refractivity contribution in [1.82, 2.24) is 15.1 Å². The Bertz CT molecular complexity index is 469. The maximum absolute atomic E-state index is 12.8. The molecule has 2 rings (SSSR count). The molecule has 5 nitrogen and oxygen atoms in total. The van der Waals surface area contributed by atoms with Gasteiger partial charge in [-0.3, -0.25) is 9.89 Å². The zero-order valence-corrected chi connectivity index (χ0v) is 18.2. The monoisotopic (exact) mass is 492 g/mol. The molecule has 0 aromatic rings. The summed E-state index contributed by atoms with van der Waals surface area (Å²) in [5.41, 5.74) is -0.180. The first-order valence-corrected chi connectivity index (χ1v) is 9.12. The number of nitrogens with one attached hydrogen (secondary N) is 1. The van der Waals surface area contributed by atoms with Crippen molar-refractivity contribution in [2.45, 2.75) is 57.9 Å². The van der Waals surface area contributed by atoms with Crippen molar-refractivity contribution in [3.63, 3.8) is 0 Å². The molecule has 26 heavy (non-hydrogen) atoms. The van der Waals surface area contributed by atoms with Gasteiger partial charge >= 0.3 is 6.18 Å². The molecule has 3 atom stereocenters. The Kier molecular flexibility index (Phi) is 8.92. The van der Waals surface area contributed by atoms with Crippen LogP contribution in [0.2, 0.25) is 0 Å². The fourth-order valence-electron chi connectivity index (χ4n) is 3.73. The molecule has 2 N–H and O–H groups in total. The van der Waals surface area contributed by atoms with Crippen molar-refractivity contribution in [3.05, 3.63) is 0 Å². The predicted octanol–water partition coefficient (Wildman–Crippen LogP) is 2.69. The van der Waals surface area contributed by atoms with Crippen LogP contribution in [0.5, 0.6) is 0 Å². The number of aliphatic hydroxyl groups excluding tert-OH is 1. The molecule has 0 amide bonds. The quantitative estimate of drug-likeness (QED) is 0.362. The van der Waals surface area contributed by atoms with E-state index in [1.807, 2.05) is 4.90 Å². The first kappa shape index (κ1) is 23.7. The lowest BCUT2D eigenvalue weighted by atomic mass is 9.73. The summed E-state index contributed by atoms with van der Waals surface area (Å²) >= 11 is 0. The predicted molar refractivity (Wildman–Crippen MR) is 108 cm³/mol. The Labute approximate surface area is 171 Å². The third-order valence-electron chi connectivity index (χ3n) is 5.78. The lowest BCUT2D eigenvalue weighted by Crippen LogP contribution is -2.57. The Morgan fingerprint density at radius 1 is 1.27 bits per heavy atom. The Morgan fingerprint density at radius 3 is 2.38 bits per heavy atom. The number of guanidine groups is 1. The minimum atomic E-state index is -4.19. The number of aliphatic hydroxyl groups is 1. The first-order chi connectivity index (χ1) is 11.7. The second-order valence-electron chi connectivity index (χ2n) is 7.56. The minimum absolute atomic E-state index is 0. The van der Waals surface area contributed by atoms with E-state index in [1.165, 1.54) is 11.8 Å². The highest BCUT2D eigenvalue weighted by Gasteiger charge is 2.41. The van der Waals surface area contributed by atoms with Crippen LogP contribution in [0, 0.1) is 5.41 Å². The van der Waals surface area contributed by atoms with Gasteiger partial charge in [0.2, 0.25) is 0 Å². The van der Waals surface area contributed by atoms with E-state index in [0.29, 0.717) is 38.7 Å². The molecule has 1 saturated carbocycles. The molecule has 3 unspecified atom stereocenters. The molecular weight excluding hydrogens is 460 g/mol. The van der Waals surface area contributed by atoms with Gasteiger partial charge in [-0.15, -0.1) is 24.0 Å². The maximum atomic E-state index is 12.8. The summed E-state index contributed by atoms with van der Waals surface area (Å²) in [7, 11) is 1.69. The lowest BCUT2D eigenvalue weighted by Gasteiger charge is -2.42. The van der Waals surface area contributed by atoms with Gasteiger partial charge in [0.15, 0.2) is 5.96 Å². The van der Waals surface area contributed by atoms with Crippen LogP contribution in [0.25, 0.3) is 0 Å². The van der Waals surface area contributed by atoms with E-state index in [2.05, 4.69) is 17.2 Å². The molecule has 9 heteroatoms. The van der Waals surface area contributed by atoms with Crippen molar-refractivity contribution in [2.75, 3.05) is 39.8 Å². The number of rotatable bonds is 3. The summed E-state index contributed by atoms with van der Waals surface area (Å²) in [5.74, 6) is 0.707. The van der Waals surface area contributed by atoms with Crippen molar-refractivity contribution in [1.29, 1.82) is 0 Å². The molecule has 1 heterocycles. The van der Waals surface area contributed by atoms with E-state index in [1.54, 1.807) is 7.05 Å². The van der Waals surface area contributed by atoms with Crippen LogP contribution in [0.1, 0.15) is 39.5 Å². The highest BCUT2D eigenvalue weighted by atomic mass is 127. The molecule has 0 spiro atoms. The van der Waals surface area contributed by atoms with Crippen LogP contribution in [0.3, 0.4) is 0 Å². The number of nitrogens with zero attached hydrogens (tertiary/aromatic N) is 3. The van der Waals surface area contributed by atoms with E-state index in [4.69, 9.17) is 0 Å². The molecule has 0 aromatic carbocycles. The maximum Gasteiger partial charge on any atom is 0.403 e. The third-order valence-corrected chi connectivity index (χ3v) is 5.78. The summed E-state index contributed by atoms with van der Waals surface area (Å²) in [5, 5.41) is 13.6. The zero-order valence-electron chi connectivity index (χ0n) is 15.8. The summed E-state index contributed by atoms with van der Waals surface area (Å²) in [6, 6.07) is -1.42. The lowest BCUT2D eigenvalue weighted by molar-refractivity contribution is -0.181. The Hall–Kier alpha value is -0.290. The van der Waals surface area contributed by atoms with Crippen LogP contribution in [0.4, 0.5) is 13.2 Å². The van der Waals surface area contributed by atoms with Crippen LogP contribution in [-0.4, -0.2) is 79.0 Å². The van der Waals surface area contributed by atoms with Gasteiger partial charge in [0, 0.05) is 45.2 Å². The van der Waals surface area contributed by atoms with Gasteiger partial charge in [0.1, 0.15) is 6.04 Å². The van der Waals surface area contributed by atoms with Gasteiger partial charge in [-0.1, -0.05) is 19.8 Å². The van der Waals surface area contributed by atoms with E-state index in [9.17, 15) is 18.3 Å². The summed E-state index contributed by atoms with van der Waals surface area (Å²) in [6.45, 7) is 5.68. The zero-order chi connectivity index (χ0) is 18.7. The minimum Gasteiger partial charge on any atom is -0.392 e. The number of aliphatic imine (C=N–C) groups is 1. The van der Waals surface area contributed by atoms with Gasteiger partial charge in [0.05, 0.1) is 6.10 Å². The second-order valence-corrected chi connectivity index (χ2v) is 7.56. The van der Waals surface area contributed by atoms with Crippen LogP contribution in [-0.2, 0) is 0 Å². The van der Waals surface area contributed by atoms with E-state index >= 15 is 0 Å². The molecular formula is C17H32F3IN4O. The van der Waals surface area contributed by atoms with Crippen LogP contribution >= 0.6 is 24.0 Å². The Morgan fingerprint density at radius 2 is 1.88 bits per heavy atom. The number of hydrogen-bond donors (Lipinski definition) is 2. The largest absolute Gasteiger partial charge is 0.403 e. The summed E-state index contributed by atoms with van der Waals surface area (Å²) < 4.78 is 38.5. The highest BCUT2D eigenvalue weighted by Crippen LogP contribution is 2.35. The number of halogens is 4. The summed E-state index contributed by atoms with van der Waals surface area (Å²) in [6.07, 6.45) is -0.545. The molecule has 2 aliphatic rings. The number of piperazine rings is 1. The van der Waals surface area contributed by atoms with E-state index in [-0.39, 0.29) is 35.5 Å². The van der Waals surface area contributed by atoms with Crippen LogP contribution < -0.4 is 5.32 Å². The van der Waals surface area contributed by atoms with E-state index < -0.39 is 12.2 Å². The molecule has 0 bridgehead atoms. The standard InChI is InChI=1S/C17H31F3N4O.HI/c1-13(17(18,19)20)23-8-10-24(11-9-23)15(21-3)22-12-16(2)7-5-4-6-14(16)25;/h13-14,25H,4-12H2,1-3H3,(H,21,22);1H. The van der Waals surface area contributed by atoms with Gasteiger partial charge in [0.25, 0.3) is 0 Å². The average Bonchev–Trinajstić information content (AvgIpc) is 2.57. The fraction of sp³-hybridized carbons (Fsp3) is 0.941. The van der Waals surface area contributed by atoms with Crippen molar-refractivity contribution < 1.29 is 18.3 Å². The second kappa shape index (κ2) is 9.77. The van der Waals surface area contributed by atoms with Gasteiger partial charge in [-0.2, -0.15) is 13.2 Å². The van der Waals surface area contributed by atoms with Crippen molar-refractivity contribution in [3.8, 4) is 0 Å². The van der Waals surface area contributed by atoms with Gasteiger partial charge < -0.3 is 15.3 Å². The molecule has 1 saturated heterocycles. The molecule has 1 aliphatic carbocycles. The molecule has 0 radical (unpaired) electrons. The summed E-state index contributed by atoms with van der Waals surface area (Å²) in [4.78, 5) is 7.75. The first-order valence-electron chi connectivity index (χ1n) is 9.12. The highest BCUT2D eigenvalue weighted by molar-refractivity contribution is 14.0. The normalized spacial score (nSPS) is 29.9. The molecule has 1 aliphatic heterocycles. The van der Waals surface area contributed by atoms with Gasteiger partial charge in [-0.05, 0) is 19.8 Å². The topological polar surface area (TPSA) is 51.1 Å².